The summed E-state index contributed by atoms with van der Waals surface area (Å²) in [6, 6.07) is 0. The first-order valence-corrected chi connectivity index (χ1v) is 5.44. The van der Waals surface area contributed by atoms with Crippen LogP contribution in [0.1, 0.15) is 19.3 Å². The predicted molar refractivity (Wildman–Crippen MR) is 51.7 cm³/mol. The van der Waals surface area contributed by atoms with Crippen molar-refractivity contribution < 1.29 is 9.53 Å². The maximum absolute atomic E-state index is 11.1. The summed E-state index contributed by atoms with van der Waals surface area (Å²) in [5.74, 6) is 0.928. The molecule has 0 N–H and O–H groups in total. The van der Waals surface area contributed by atoms with E-state index in [1.54, 1.807) is 0 Å². The van der Waals surface area contributed by atoms with Gasteiger partial charge in [0.2, 0.25) is 0 Å². The number of esters is 1. The number of halogens is 1. The molecule has 0 aromatic heterocycles. The molecule has 0 amide bonds. The number of ether oxygens (including phenoxy) is 1. The molecule has 0 radical (unpaired) electrons. The second kappa shape index (κ2) is 4.28. The van der Waals surface area contributed by atoms with Gasteiger partial charge in [0.15, 0.2) is 0 Å². The molecule has 1 aliphatic rings. The Kier molecular flexibility index (Phi) is 3.62. The van der Waals surface area contributed by atoms with Crippen molar-refractivity contribution in [3.05, 3.63) is 0 Å². The molecular weight excluding hydrogens is 255 g/mol. The minimum absolute atomic E-state index is 0.0163. The summed E-state index contributed by atoms with van der Waals surface area (Å²) in [5.41, 5.74) is 0. The molecule has 0 aromatic carbocycles. The molecule has 0 aromatic rings. The molecule has 0 aliphatic heterocycles. The van der Waals surface area contributed by atoms with E-state index >= 15 is 0 Å². The van der Waals surface area contributed by atoms with Gasteiger partial charge in [0.05, 0.1) is 13.0 Å². The Hall–Kier alpha value is 0.200. The lowest BCUT2D eigenvalue weighted by molar-refractivity contribution is -0.145. The van der Waals surface area contributed by atoms with Crippen LogP contribution < -0.4 is 0 Å². The molecule has 1 fully saturated rings. The Balaban J connectivity index is 2.35. The van der Waals surface area contributed by atoms with Gasteiger partial charge in [-0.05, 0) is 25.2 Å². The van der Waals surface area contributed by atoms with Crippen LogP contribution in [0, 0.1) is 11.8 Å². The van der Waals surface area contributed by atoms with Crippen LogP contribution in [0.5, 0.6) is 0 Å². The Morgan fingerprint density at radius 2 is 2.36 bits per heavy atom. The Labute approximate surface area is 80.8 Å². The molecule has 1 aliphatic carbocycles. The van der Waals surface area contributed by atoms with Crippen molar-refractivity contribution in [2.75, 3.05) is 11.5 Å². The minimum atomic E-state index is -0.0163. The van der Waals surface area contributed by atoms with Crippen LogP contribution in [-0.4, -0.2) is 17.5 Å². The fourth-order valence-electron chi connectivity index (χ4n) is 1.60. The van der Waals surface area contributed by atoms with E-state index in [0.29, 0.717) is 0 Å². The number of methoxy groups -OCH3 is 1. The molecule has 0 unspecified atom stereocenters. The van der Waals surface area contributed by atoms with Crippen molar-refractivity contribution in [3.8, 4) is 0 Å². The predicted octanol–water partition coefficient (Wildman–Crippen LogP) is 2.01. The maximum atomic E-state index is 11.1. The number of hydrogen-bond acceptors (Lipinski definition) is 2. The van der Waals surface area contributed by atoms with Gasteiger partial charge in [-0.3, -0.25) is 4.79 Å². The summed E-state index contributed by atoms with van der Waals surface area (Å²) in [6.45, 7) is 0. The zero-order chi connectivity index (χ0) is 8.27. The van der Waals surface area contributed by atoms with Crippen LogP contribution in [0.2, 0.25) is 0 Å². The van der Waals surface area contributed by atoms with Crippen molar-refractivity contribution in [2.24, 2.45) is 11.8 Å². The van der Waals surface area contributed by atoms with Gasteiger partial charge in [0, 0.05) is 4.43 Å². The first-order chi connectivity index (χ1) is 5.27. The van der Waals surface area contributed by atoms with E-state index in [1.807, 2.05) is 0 Å². The molecule has 64 valence electrons. The van der Waals surface area contributed by atoms with Crippen LogP contribution in [0.15, 0.2) is 0 Å². The smallest absolute Gasteiger partial charge is 0.308 e. The molecule has 0 saturated heterocycles. The molecule has 2 atom stereocenters. The van der Waals surface area contributed by atoms with Crippen molar-refractivity contribution in [2.45, 2.75) is 19.3 Å². The van der Waals surface area contributed by atoms with Gasteiger partial charge >= 0.3 is 5.97 Å². The first kappa shape index (κ1) is 9.29. The fraction of sp³-hybridized carbons (Fsp3) is 0.875. The van der Waals surface area contributed by atoms with Gasteiger partial charge in [0.25, 0.3) is 0 Å². The normalized spacial score (nSPS) is 30.4. The van der Waals surface area contributed by atoms with Gasteiger partial charge in [-0.15, -0.1) is 0 Å². The van der Waals surface area contributed by atoms with Crippen LogP contribution in [0.4, 0.5) is 0 Å². The van der Waals surface area contributed by atoms with E-state index in [9.17, 15) is 4.79 Å². The van der Waals surface area contributed by atoms with Crippen LogP contribution in [-0.2, 0) is 9.53 Å². The van der Waals surface area contributed by atoms with Crippen molar-refractivity contribution in [1.82, 2.24) is 0 Å². The monoisotopic (exact) mass is 268 g/mol. The van der Waals surface area contributed by atoms with E-state index in [2.05, 4.69) is 27.3 Å². The highest BCUT2D eigenvalue weighted by atomic mass is 127. The standard InChI is InChI=1S/C8H13IO2/c1-11-8(10)7-3-2-6(4-7)5-9/h6-7H,2-5H2,1H3/t6-,7+/m1/s1. The molecule has 0 spiro atoms. The average molecular weight is 268 g/mol. The highest BCUT2D eigenvalue weighted by Gasteiger charge is 2.29. The third-order valence-electron chi connectivity index (χ3n) is 2.29. The molecule has 11 heavy (non-hydrogen) atoms. The third-order valence-corrected chi connectivity index (χ3v) is 3.54. The summed E-state index contributed by atoms with van der Waals surface area (Å²) in [7, 11) is 1.47. The molecular formula is C8H13IO2. The van der Waals surface area contributed by atoms with Gasteiger partial charge < -0.3 is 4.74 Å². The van der Waals surface area contributed by atoms with E-state index in [4.69, 9.17) is 0 Å². The lowest BCUT2D eigenvalue weighted by Crippen LogP contribution is -2.12. The van der Waals surface area contributed by atoms with Gasteiger partial charge in [0.1, 0.15) is 0 Å². The highest BCUT2D eigenvalue weighted by Crippen LogP contribution is 2.32. The van der Waals surface area contributed by atoms with Crippen molar-refractivity contribution in [1.29, 1.82) is 0 Å². The number of carbonyl (C=O) groups is 1. The molecule has 1 saturated carbocycles. The summed E-state index contributed by atoms with van der Waals surface area (Å²) in [4.78, 5) is 11.1. The first-order valence-electron chi connectivity index (χ1n) is 3.91. The summed E-state index contributed by atoms with van der Waals surface area (Å²) < 4.78 is 5.86. The summed E-state index contributed by atoms with van der Waals surface area (Å²) in [6.07, 6.45) is 3.26. The van der Waals surface area contributed by atoms with E-state index in [-0.39, 0.29) is 11.9 Å². The average Bonchev–Trinajstić information content (AvgIpc) is 2.50. The third kappa shape index (κ3) is 2.32. The minimum Gasteiger partial charge on any atom is -0.469 e. The maximum Gasteiger partial charge on any atom is 0.308 e. The van der Waals surface area contributed by atoms with Crippen LogP contribution >= 0.6 is 22.6 Å². The molecule has 0 heterocycles. The SMILES string of the molecule is COC(=O)[C@H]1CC[C@@H](CI)C1. The second-order valence-corrected chi connectivity index (χ2v) is 3.93. The van der Waals surface area contributed by atoms with Gasteiger partial charge in [-0.2, -0.15) is 0 Å². The summed E-state index contributed by atoms with van der Waals surface area (Å²) >= 11 is 2.38. The quantitative estimate of drug-likeness (QED) is 0.435. The zero-order valence-corrected chi connectivity index (χ0v) is 8.84. The van der Waals surface area contributed by atoms with E-state index in [0.717, 1.165) is 18.8 Å². The largest absolute Gasteiger partial charge is 0.469 e. The number of hydrogen-bond donors (Lipinski definition) is 0. The molecule has 0 bridgehead atoms. The fourth-order valence-corrected chi connectivity index (χ4v) is 2.40. The van der Waals surface area contributed by atoms with E-state index in [1.165, 1.54) is 18.0 Å². The lowest BCUT2D eigenvalue weighted by atomic mass is 10.1. The lowest BCUT2D eigenvalue weighted by Gasteiger charge is -2.06. The van der Waals surface area contributed by atoms with E-state index < -0.39 is 0 Å². The Morgan fingerprint density at radius 1 is 1.64 bits per heavy atom. The van der Waals surface area contributed by atoms with Crippen LogP contribution in [0.3, 0.4) is 0 Å². The molecule has 3 heteroatoms. The zero-order valence-electron chi connectivity index (χ0n) is 6.68. The summed E-state index contributed by atoms with van der Waals surface area (Å²) in [5, 5.41) is 0. The number of alkyl halides is 1. The Bertz CT molecular complexity index is 147. The number of rotatable bonds is 2. The van der Waals surface area contributed by atoms with Gasteiger partial charge in [-0.1, -0.05) is 22.6 Å². The molecule has 2 nitrogen and oxygen atoms in total. The Morgan fingerprint density at radius 3 is 2.82 bits per heavy atom. The number of carbonyl (C=O) groups excluding carboxylic acids is 1. The van der Waals surface area contributed by atoms with Crippen molar-refractivity contribution >= 4 is 28.6 Å². The molecule has 1 rings (SSSR count). The van der Waals surface area contributed by atoms with Crippen molar-refractivity contribution in [3.63, 3.8) is 0 Å². The second-order valence-electron chi connectivity index (χ2n) is 3.05. The van der Waals surface area contributed by atoms with Crippen LogP contribution in [0.25, 0.3) is 0 Å². The van der Waals surface area contributed by atoms with Gasteiger partial charge in [-0.25, -0.2) is 0 Å². The topological polar surface area (TPSA) is 26.3 Å². The highest BCUT2D eigenvalue weighted by molar-refractivity contribution is 14.1.